The van der Waals surface area contributed by atoms with Gasteiger partial charge in [0.05, 0.1) is 47.7 Å². The summed E-state index contributed by atoms with van der Waals surface area (Å²) in [5, 5.41) is 0. The summed E-state index contributed by atoms with van der Waals surface area (Å²) in [6.45, 7) is 4.26. The van der Waals surface area contributed by atoms with E-state index in [4.69, 9.17) is 23.9 Å². The SMILES string of the molecule is CCOC(=O)C1=C(c2ccccc2)N=c2s/c(=C\c3ccc(OCc4ccc(C(=O)OCC)cc4)c(OC)c3)c(=O)n2[C@@H]1c1ccccc1. The van der Waals surface area contributed by atoms with Crippen LogP contribution in [0.15, 0.2) is 118 Å². The normalized spacial score (nSPS) is 14.1. The molecule has 1 aromatic heterocycles. The van der Waals surface area contributed by atoms with Crippen molar-refractivity contribution in [2.75, 3.05) is 20.3 Å². The number of thiazole rings is 1. The zero-order valence-corrected chi connectivity index (χ0v) is 28.1. The Kier molecular flexibility index (Phi) is 10.2. The van der Waals surface area contributed by atoms with Gasteiger partial charge in [0, 0.05) is 5.56 Å². The number of hydrogen-bond acceptors (Lipinski definition) is 9. The van der Waals surface area contributed by atoms with Crippen molar-refractivity contribution < 1.29 is 28.5 Å². The van der Waals surface area contributed by atoms with Crippen molar-refractivity contribution in [2.24, 2.45) is 4.99 Å². The van der Waals surface area contributed by atoms with E-state index in [1.54, 1.807) is 55.9 Å². The van der Waals surface area contributed by atoms with Gasteiger partial charge in [0.15, 0.2) is 16.3 Å². The van der Waals surface area contributed by atoms with E-state index in [0.29, 0.717) is 44.3 Å². The monoisotopic (exact) mass is 674 g/mol. The number of esters is 2. The number of ether oxygens (including phenoxy) is 4. The fraction of sp³-hybridized carbons (Fsp3) is 0.179. The third-order valence-corrected chi connectivity index (χ3v) is 8.82. The average molecular weight is 675 g/mol. The quantitative estimate of drug-likeness (QED) is 0.166. The maximum Gasteiger partial charge on any atom is 0.338 e. The molecule has 2 heterocycles. The van der Waals surface area contributed by atoms with Gasteiger partial charge in [-0.25, -0.2) is 14.6 Å². The van der Waals surface area contributed by atoms with Crippen molar-refractivity contribution in [3.8, 4) is 11.5 Å². The van der Waals surface area contributed by atoms with Gasteiger partial charge < -0.3 is 18.9 Å². The third kappa shape index (κ3) is 7.09. The highest BCUT2D eigenvalue weighted by Gasteiger charge is 2.35. The summed E-state index contributed by atoms with van der Waals surface area (Å²) < 4.78 is 24.3. The topological polar surface area (TPSA) is 105 Å². The smallest absolute Gasteiger partial charge is 0.338 e. The van der Waals surface area contributed by atoms with Crippen LogP contribution in [0.3, 0.4) is 0 Å². The molecule has 0 bridgehead atoms. The Labute approximate surface area is 287 Å². The van der Waals surface area contributed by atoms with Crippen molar-refractivity contribution in [1.82, 2.24) is 4.57 Å². The summed E-state index contributed by atoms with van der Waals surface area (Å²) in [5.41, 5.74) is 4.07. The van der Waals surface area contributed by atoms with E-state index >= 15 is 0 Å². The van der Waals surface area contributed by atoms with Crippen LogP contribution in [0, 0.1) is 0 Å². The molecule has 10 heteroatoms. The summed E-state index contributed by atoms with van der Waals surface area (Å²) in [6.07, 6.45) is 1.78. The van der Waals surface area contributed by atoms with Crippen LogP contribution >= 0.6 is 11.3 Å². The first-order valence-electron chi connectivity index (χ1n) is 15.8. The Morgan fingerprint density at radius 3 is 2.18 bits per heavy atom. The first-order valence-corrected chi connectivity index (χ1v) is 16.6. The fourth-order valence-corrected chi connectivity index (χ4v) is 6.55. The van der Waals surface area contributed by atoms with Crippen LogP contribution in [0.5, 0.6) is 11.5 Å². The molecule has 0 spiro atoms. The van der Waals surface area contributed by atoms with Crippen molar-refractivity contribution in [3.05, 3.63) is 156 Å². The van der Waals surface area contributed by atoms with Gasteiger partial charge in [-0.1, -0.05) is 90.2 Å². The summed E-state index contributed by atoms with van der Waals surface area (Å²) in [5.74, 6) is 0.115. The lowest BCUT2D eigenvalue weighted by Gasteiger charge is -2.25. The average Bonchev–Trinajstić information content (AvgIpc) is 3.45. The minimum absolute atomic E-state index is 0.180. The molecule has 0 amide bonds. The molecule has 6 rings (SSSR count). The molecule has 1 aliphatic rings. The van der Waals surface area contributed by atoms with E-state index in [-0.39, 0.29) is 24.7 Å². The van der Waals surface area contributed by atoms with Crippen LogP contribution in [0.1, 0.15) is 52.5 Å². The Hall–Kier alpha value is -5.74. The standard InChI is InChI=1S/C39H34N2O7S/c1-4-46-37(43)29-19-16-25(17-20-29)24-48-30-21-18-26(22-31(30)45-3)23-32-36(42)41-35(28-14-10-7-11-15-28)33(38(44)47-5-2)34(40-39(41)49-32)27-12-8-6-9-13-27/h6-23,35H,4-5,24H2,1-3H3/b32-23-/t35-/m1/s1. The molecule has 4 aromatic carbocycles. The van der Waals surface area contributed by atoms with Gasteiger partial charge in [-0.05, 0) is 60.9 Å². The van der Waals surface area contributed by atoms with Gasteiger partial charge in [-0.2, -0.15) is 0 Å². The van der Waals surface area contributed by atoms with Crippen molar-refractivity contribution in [3.63, 3.8) is 0 Å². The third-order valence-electron chi connectivity index (χ3n) is 7.83. The van der Waals surface area contributed by atoms with E-state index in [1.807, 2.05) is 78.9 Å². The van der Waals surface area contributed by atoms with E-state index in [2.05, 4.69) is 0 Å². The molecule has 0 N–H and O–H groups in total. The highest BCUT2D eigenvalue weighted by Crippen LogP contribution is 2.35. The summed E-state index contributed by atoms with van der Waals surface area (Å²) in [7, 11) is 1.55. The second-order valence-corrected chi connectivity index (χ2v) is 12.0. The van der Waals surface area contributed by atoms with E-state index in [1.165, 1.54) is 11.3 Å². The predicted octanol–water partition coefficient (Wildman–Crippen LogP) is 5.70. The molecular weight excluding hydrogens is 641 g/mol. The van der Waals surface area contributed by atoms with Gasteiger partial charge in [0.2, 0.25) is 0 Å². The molecule has 1 atom stereocenters. The van der Waals surface area contributed by atoms with Crippen LogP contribution in [0.4, 0.5) is 0 Å². The first kappa shape index (κ1) is 33.2. The lowest BCUT2D eigenvalue weighted by Crippen LogP contribution is -2.39. The molecule has 0 radical (unpaired) electrons. The highest BCUT2D eigenvalue weighted by atomic mass is 32.1. The lowest BCUT2D eigenvalue weighted by atomic mass is 9.93. The lowest BCUT2D eigenvalue weighted by molar-refractivity contribution is -0.138. The van der Waals surface area contributed by atoms with Crippen LogP contribution in [-0.4, -0.2) is 36.8 Å². The number of carbonyl (C=O) groups is 2. The zero-order valence-electron chi connectivity index (χ0n) is 27.3. The molecule has 5 aromatic rings. The maximum atomic E-state index is 14.2. The zero-order chi connectivity index (χ0) is 34.3. The Bertz CT molecular complexity index is 2190. The number of fused-ring (bicyclic) bond motifs is 1. The summed E-state index contributed by atoms with van der Waals surface area (Å²) in [6, 6.07) is 30.6. The first-order chi connectivity index (χ1) is 23.9. The molecule has 0 aliphatic carbocycles. The predicted molar refractivity (Wildman–Crippen MR) is 187 cm³/mol. The van der Waals surface area contributed by atoms with E-state index in [0.717, 1.165) is 22.3 Å². The fourth-order valence-electron chi connectivity index (χ4n) is 5.55. The minimum atomic E-state index is -0.745. The number of methoxy groups -OCH3 is 1. The van der Waals surface area contributed by atoms with E-state index < -0.39 is 12.0 Å². The molecule has 0 saturated carbocycles. The molecule has 0 saturated heterocycles. The van der Waals surface area contributed by atoms with Crippen molar-refractivity contribution in [1.29, 1.82) is 0 Å². The number of benzene rings is 4. The van der Waals surface area contributed by atoms with E-state index in [9.17, 15) is 14.4 Å². The van der Waals surface area contributed by atoms with Crippen LogP contribution < -0.4 is 24.4 Å². The number of carbonyl (C=O) groups excluding carboxylic acids is 2. The van der Waals surface area contributed by atoms with Crippen LogP contribution in [0.2, 0.25) is 0 Å². The molecule has 1 aliphatic heterocycles. The van der Waals surface area contributed by atoms with Crippen molar-refractivity contribution >= 4 is 35.0 Å². The Morgan fingerprint density at radius 1 is 0.837 bits per heavy atom. The van der Waals surface area contributed by atoms with Gasteiger partial charge in [0.1, 0.15) is 6.61 Å². The number of rotatable bonds is 11. The van der Waals surface area contributed by atoms with Crippen LogP contribution in [0.25, 0.3) is 11.8 Å². The summed E-state index contributed by atoms with van der Waals surface area (Å²) >= 11 is 1.25. The number of nitrogens with zero attached hydrogens (tertiary/aromatic N) is 2. The molecule has 248 valence electrons. The number of aromatic nitrogens is 1. The maximum absolute atomic E-state index is 14.2. The van der Waals surface area contributed by atoms with Gasteiger partial charge in [-0.15, -0.1) is 0 Å². The van der Waals surface area contributed by atoms with Gasteiger partial charge >= 0.3 is 11.9 Å². The second kappa shape index (κ2) is 15.0. The Balaban J connectivity index is 1.37. The van der Waals surface area contributed by atoms with Gasteiger partial charge in [0.25, 0.3) is 5.56 Å². The molecule has 49 heavy (non-hydrogen) atoms. The molecule has 0 unspecified atom stereocenters. The van der Waals surface area contributed by atoms with Gasteiger partial charge in [-0.3, -0.25) is 9.36 Å². The second-order valence-electron chi connectivity index (χ2n) is 11.0. The highest BCUT2D eigenvalue weighted by molar-refractivity contribution is 7.07. The molecular formula is C39H34N2O7S. The minimum Gasteiger partial charge on any atom is -0.493 e. The Morgan fingerprint density at radius 2 is 1.51 bits per heavy atom. The largest absolute Gasteiger partial charge is 0.493 e. The number of hydrogen-bond donors (Lipinski definition) is 0. The van der Waals surface area contributed by atoms with Crippen LogP contribution in [-0.2, 0) is 20.9 Å². The molecule has 9 nitrogen and oxygen atoms in total. The molecule has 0 fully saturated rings. The summed E-state index contributed by atoms with van der Waals surface area (Å²) in [4.78, 5) is 45.1. The van der Waals surface area contributed by atoms with Crippen molar-refractivity contribution in [2.45, 2.75) is 26.5 Å².